The van der Waals surface area contributed by atoms with Gasteiger partial charge >= 0.3 is 5.97 Å². The van der Waals surface area contributed by atoms with Crippen molar-refractivity contribution in [3.05, 3.63) is 0 Å². The second-order valence-corrected chi connectivity index (χ2v) is 6.08. The second kappa shape index (κ2) is 9.75. The second-order valence-electron chi connectivity index (χ2n) is 6.08. The fraction of sp³-hybridized carbons (Fsp3) is 0.867. The Kier molecular flexibility index (Phi) is 9.21. The Morgan fingerprint density at radius 2 is 1.85 bits per heavy atom. The van der Waals surface area contributed by atoms with Crippen LogP contribution in [0.3, 0.4) is 0 Å². The molecular weight excluding hydrogens is 256 g/mol. The number of amides is 1. The number of nitrogens with two attached hydrogens (primary N) is 1. The van der Waals surface area contributed by atoms with Crippen molar-refractivity contribution in [2.24, 2.45) is 17.1 Å². The highest BCUT2D eigenvalue weighted by atomic mass is 16.5. The van der Waals surface area contributed by atoms with Crippen LogP contribution >= 0.6 is 0 Å². The zero-order chi connectivity index (χ0) is 15.6. The fourth-order valence-electron chi connectivity index (χ4n) is 2.14. The summed E-state index contributed by atoms with van der Waals surface area (Å²) in [6.07, 6.45) is 2.46. The van der Waals surface area contributed by atoms with Gasteiger partial charge in [0.05, 0.1) is 13.0 Å². The Morgan fingerprint density at radius 1 is 1.20 bits per heavy atom. The smallest absolute Gasteiger partial charge is 0.307 e. The molecule has 0 aliphatic heterocycles. The lowest BCUT2D eigenvalue weighted by molar-refractivity contribution is -0.143. The molecule has 20 heavy (non-hydrogen) atoms. The summed E-state index contributed by atoms with van der Waals surface area (Å²) in [4.78, 5) is 22.8. The highest BCUT2D eigenvalue weighted by Gasteiger charge is 2.24. The van der Waals surface area contributed by atoms with Gasteiger partial charge in [-0.15, -0.1) is 0 Å². The molecule has 0 aromatic rings. The predicted octanol–water partition coefficient (Wildman–Crippen LogP) is 1.85. The van der Waals surface area contributed by atoms with Gasteiger partial charge in [-0.05, 0) is 37.6 Å². The largest absolute Gasteiger partial charge is 0.466 e. The van der Waals surface area contributed by atoms with Crippen LogP contribution in [0.15, 0.2) is 0 Å². The molecule has 0 aromatic heterocycles. The van der Waals surface area contributed by atoms with E-state index < -0.39 is 0 Å². The monoisotopic (exact) mass is 286 g/mol. The van der Waals surface area contributed by atoms with Crippen molar-refractivity contribution in [3.8, 4) is 0 Å². The van der Waals surface area contributed by atoms with Crippen LogP contribution in [0, 0.1) is 11.3 Å². The van der Waals surface area contributed by atoms with E-state index in [0.29, 0.717) is 32.0 Å². The Morgan fingerprint density at radius 3 is 2.35 bits per heavy atom. The number of carbonyl (C=O) groups is 2. The molecule has 0 aromatic carbocycles. The average Bonchev–Trinajstić information content (AvgIpc) is 2.33. The molecule has 0 fully saturated rings. The van der Waals surface area contributed by atoms with Gasteiger partial charge in [-0.3, -0.25) is 9.59 Å². The van der Waals surface area contributed by atoms with Gasteiger partial charge in [0.25, 0.3) is 0 Å². The summed E-state index contributed by atoms with van der Waals surface area (Å²) in [5, 5.41) is 2.75. The molecule has 0 saturated carbocycles. The van der Waals surface area contributed by atoms with Gasteiger partial charge in [-0.25, -0.2) is 0 Å². The van der Waals surface area contributed by atoms with Crippen LogP contribution < -0.4 is 11.1 Å². The van der Waals surface area contributed by atoms with E-state index >= 15 is 0 Å². The predicted molar refractivity (Wildman–Crippen MR) is 80.1 cm³/mol. The van der Waals surface area contributed by atoms with Gasteiger partial charge in [0.2, 0.25) is 5.91 Å². The van der Waals surface area contributed by atoms with Crippen LogP contribution in [-0.2, 0) is 14.3 Å². The first-order valence-electron chi connectivity index (χ1n) is 7.43. The zero-order valence-corrected chi connectivity index (χ0v) is 13.3. The molecule has 0 bridgehead atoms. The summed E-state index contributed by atoms with van der Waals surface area (Å²) in [7, 11) is 0. The summed E-state index contributed by atoms with van der Waals surface area (Å²) in [6.45, 7) is 9.64. The van der Waals surface area contributed by atoms with E-state index in [1.54, 1.807) is 6.92 Å². The maximum atomic E-state index is 11.7. The van der Waals surface area contributed by atoms with Crippen molar-refractivity contribution in [3.63, 3.8) is 0 Å². The number of ether oxygens (including phenoxy) is 1. The summed E-state index contributed by atoms with van der Waals surface area (Å²) >= 11 is 0. The van der Waals surface area contributed by atoms with E-state index in [9.17, 15) is 9.59 Å². The molecule has 1 atom stereocenters. The number of esters is 1. The van der Waals surface area contributed by atoms with Gasteiger partial charge in [-0.1, -0.05) is 20.8 Å². The molecule has 5 nitrogen and oxygen atoms in total. The lowest BCUT2D eigenvalue weighted by atomic mass is 9.76. The number of nitrogens with one attached hydrogen (secondary N) is 1. The van der Waals surface area contributed by atoms with Gasteiger partial charge < -0.3 is 15.8 Å². The SMILES string of the molecule is CCOC(=O)CCNC(=O)CCC(CCN)C(C)(C)C. The summed E-state index contributed by atoms with van der Waals surface area (Å²) in [5.41, 5.74) is 5.78. The lowest BCUT2D eigenvalue weighted by Crippen LogP contribution is -2.29. The van der Waals surface area contributed by atoms with E-state index in [2.05, 4.69) is 26.1 Å². The minimum Gasteiger partial charge on any atom is -0.466 e. The topological polar surface area (TPSA) is 81.4 Å². The van der Waals surface area contributed by atoms with Crippen molar-refractivity contribution in [1.29, 1.82) is 0 Å². The third-order valence-electron chi connectivity index (χ3n) is 3.42. The van der Waals surface area contributed by atoms with Crippen LogP contribution in [0.2, 0.25) is 0 Å². The Balaban J connectivity index is 3.93. The molecule has 0 heterocycles. The van der Waals surface area contributed by atoms with E-state index in [1.165, 1.54) is 0 Å². The van der Waals surface area contributed by atoms with Crippen LogP contribution in [0.1, 0.15) is 53.4 Å². The molecule has 0 aliphatic carbocycles. The minimum atomic E-state index is -0.275. The molecule has 0 spiro atoms. The first-order chi connectivity index (χ1) is 9.31. The quantitative estimate of drug-likeness (QED) is 0.634. The third-order valence-corrected chi connectivity index (χ3v) is 3.42. The Bertz CT molecular complexity index is 298. The van der Waals surface area contributed by atoms with Gasteiger partial charge in [0.15, 0.2) is 0 Å². The molecule has 0 radical (unpaired) electrons. The maximum absolute atomic E-state index is 11.7. The van der Waals surface area contributed by atoms with Crippen molar-refractivity contribution >= 4 is 11.9 Å². The molecule has 3 N–H and O–H groups in total. The standard InChI is InChI=1S/C15H30N2O3/c1-5-20-14(19)9-11-17-13(18)7-6-12(8-10-16)15(2,3)4/h12H,5-11,16H2,1-4H3,(H,17,18). The van der Waals surface area contributed by atoms with E-state index in [1.807, 2.05) is 0 Å². The highest BCUT2D eigenvalue weighted by Crippen LogP contribution is 2.31. The van der Waals surface area contributed by atoms with Crippen LogP contribution in [0.4, 0.5) is 0 Å². The highest BCUT2D eigenvalue weighted by molar-refractivity contribution is 5.77. The maximum Gasteiger partial charge on any atom is 0.307 e. The summed E-state index contributed by atoms with van der Waals surface area (Å²) in [5.74, 6) is 0.146. The molecular formula is C15H30N2O3. The van der Waals surface area contributed by atoms with E-state index in [4.69, 9.17) is 10.5 Å². The third kappa shape index (κ3) is 8.91. The molecule has 118 valence electrons. The summed E-state index contributed by atoms with van der Waals surface area (Å²) < 4.78 is 4.79. The number of carbonyl (C=O) groups excluding carboxylic acids is 2. The molecule has 0 rings (SSSR count). The molecule has 0 aliphatic rings. The molecule has 1 amide bonds. The van der Waals surface area contributed by atoms with Crippen LogP contribution in [0.25, 0.3) is 0 Å². The first kappa shape index (κ1) is 18.9. The van der Waals surface area contributed by atoms with Crippen molar-refractivity contribution < 1.29 is 14.3 Å². The number of hydrogen-bond acceptors (Lipinski definition) is 4. The van der Waals surface area contributed by atoms with Gasteiger partial charge in [0, 0.05) is 13.0 Å². The van der Waals surface area contributed by atoms with Crippen molar-refractivity contribution in [1.82, 2.24) is 5.32 Å². The van der Waals surface area contributed by atoms with Crippen molar-refractivity contribution in [2.45, 2.75) is 53.4 Å². The zero-order valence-electron chi connectivity index (χ0n) is 13.3. The minimum absolute atomic E-state index is 0.0134. The van der Waals surface area contributed by atoms with Crippen LogP contribution in [0.5, 0.6) is 0 Å². The van der Waals surface area contributed by atoms with Crippen LogP contribution in [-0.4, -0.2) is 31.6 Å². The van der Waals surface area contributed by atoms with Gasteiger partial charge in [-0.2, -0.15) is 0 Å². The lowest BCUT2D eigenvalue weighted by Gasteiger charge is -2.30. The molecule has 5 heteroatoms. The number of hydrogen-bond donors (Lipinski definition) is 2. The van der Waals surface area contributed by atoms with Gasteiger partial charge in [0.1, 0.15) is 0 Å². The first-order valence-corrected chi connectivity index (χ1v) is 7.43. The molecule has 1 unspecified atom stereocenters. The summed E-state index contributed by atoms with van der Waals surface area (Å²) in [6, 6.07) is 0. The van der Waals surface area contributed by atoms with E-state index in [-0.39, 0.29) is 23.7 Å². The average molecular weight is 286 g/mol. The van der Waals surface area contributed by atoms with Crippen molar-refractivity contribution in [2.75, 3.05) is 19.7 Å². The normalized spacial score (nSPS) is 12.8. The Labute approximate surface area is 122 Å². The molecule has 0 saturated heterocycles. The Hall–Kier alpha value is -1.10. The van der Waals surface area contributed by atoms with E-state index in [0.717, 1.165) is 12.8 Å². The fourth-order valence-corrected chi connectivity index (χ4v) is 2.14. The number of rotatable bonds is 9.